The van der Waals surface area contributed by atoms with E-state index in [-0.39, 0.29) is 0 Å². The summed E-state index contributed by atoms with van der Waals surface area (Å²) in [6.45, 7) is 4.61. The average Bonchev–Trinajstić information content (AvgIpc) is 3.18. The Morgan fingerprint density at radius 1 is 1.16 bits per heavy atom. The number of hydrogen-bond acceptors (Lipinski definition) is 5. The van der Waals surface area contributed by atoms with Crippen LogP contribution >= 0.6 is 0 Å². The van der Waals surface area contributed by atoms with Gasteiger partial charge in [0.1, 0.15) is 6.61 Å². The Morgan fingerprint density at radius 3 is 2.64 bits per heavy atom. The third-order valence-electron chi connectivity index (χ3n) is 4.81. The van der Waals surface area contributed by atoms with E-state index in [0.717, 1.165) is 42.6 Å². The van der Waals surface area contributed by atoms with Crippen LogP contribution in [-0.4, -0.2) is 48.6 Å². The molecular weight excluding hydrogens is 318 g/mol. The van der Waals surface area contributed by atoms with Gasteiger partial charge in [-0.2, -0.15) is 5.10 Å². The molecule has 6 nitrogen and oxygen atoms in total. The van der Waals surface area contributed by atoms with Crippen LogP contribution in [-0.2, 0) is 7.05 Å². The van der Waals surface area contributed by atoms with Gasteiger partial charge in [0.2, 0.25) is 5.88 Å². The van der Waals surface area contributed by atoms with E-state index in [1.54, 1.807) is 14.2 Å². The summed E-state index contributed by atoms with van der Waals surface area (Å²) < 4.78 is 18.7. The Morgan fingerprint density at radius 2 is 1.92 bits per heavy atom. The van der Waals surface area contributed by atoms with Crippen molar-refractivity contribution in [3.8, 4) is 17.4 Å². The first-order valence-corrected chi connectivity index (χ1v) is 8.73. The van der Waals surface area contributed by atoms with E-state index in [1.165, 1.54) is 12.0 Å². The van der Waals surface area contributed by atoms with Crippen LogP contribution in [0.25, 0.3) is 0 Å². The number of aryl methyl sites for hydroxylation is 2. The molecular formula is C19H27N3O3. The molecule has 1 aromatic heterocycles. The molecule has 0 saturated carbocycles. The molecule has 1 aliphatic heterocycles. The van der Waals surface area contributed by atoms with Crippen LogP contribution in [0.2, 0.25) is 0 Å². The second-order valence-electron chi connectivity index (χ2n) is 6.33. The minimum Gasteiger partial charge on any atom is -0.493 e. The average molecular weight is 345 g/mol. The van der Waals surface area contributed by atoms with Gasteiger partial charge in [-0.15, -0.1) is 0 Å². The lowest BCUT2D eigenvalue weighted by Gasteiger charge is -2.25. The molecule has 2 heterocycles. The third kappa shape index (κ3) is 3.58. The van der Waals surface area contributed by atoms with Gasteiger partial charge in [0, 0.05) is 19.6 Å². The summed E-state index contributed by atoms with van der Waals surface area (Å²) in [6, 6.07) is 8.09. The van der Waals surface area contributed by atoms with Gasteiger partial charge < -0.3 is 14.2 Å². The Kier molecular flexibility index (Phi) is 5.48. The zero-order valence-corrected chi connectivity index (χ0v) is 15.5. The van der Waals surface area contributed by atoms with Gasteiger partial charge in [0.05, 0.1) is 25.5 Å². The maximum absolute atomic E-state index is 5.95. The molecule has 0 radical (unpaired) electrons. The minimum absolute atomic E-state index is 0.338. The van der Waals surface area contributed by atoms with Crippen molar-refractivity contribution in [1.82, 2.24) is 14.7 Å². The smallest absolute Gasteiger partial charge is 0.216 e. The molecule has 1 aliphatic rings. The van der Waals surface area contributed by atoms with E-state index in [2.05, 4.69) is 16.9 Å². The van der Waals surface area contributed by atoms with E-state index in [1.807, 2.05) is 36.0 Å². The maximum atomic E-state index is 5.95. The number of rotatable bonds is 7. The van der Waals surface area contributed by atoms with Crippen molar-refractivity contribution < 1.29 is 14.2 Å². The second-order valence-corrected chi connectivity index (χ2v) is 6.33. The molecule has 1 fully saturated rings. The number of benzene rings is 1. The van der Waals surface area contributed by atoms with E-state index in [0.29, 0.717) is 12.6 Å². The summed E-state index contributed by atoms with van der Waals surface area (Å²) in [5, 5.41) is 4.53. The van der Waals surface area contributed by atoms with E-state index in [4.69, 9.17) is 14.2 Å². The molecule has 25 heavy (non-hydrogen) atoms. The van der Waals surface area contributed by atoms with Gasteiger partial charge in [-0.25, -0.2) is 4.68 Å². The van der Waals surface area contributed by atoms with E-state index < -0.39 is 0 Å². The molecule has 6 heteroatoms. The summed E-state index contributed by atoms with van der Waals surface area (Å²) in [5.41, 5.74) is 2.25. The van der Waals surface area contributed by atoms with Crippen molar-refractivity contribution in [2.75, 3.05) is 33.9 Å². The Labute approximate surface area is 149 Å². The monoisotopic (exact) mass is 345 g/mol. The molecule has 0 aliphatic carbocycles. The summed E-state index contributed by atoms with van der Waals surface area (Å²) in [5.74, 6) is 2.42. The van der Waals surface area contributed by atoms with Gasteiger partial charge in [-0.1, -0.05) is 12.1 Å². The first kappa shape index (κ1) is 17.6. The SMILES string of the molecule is COc1ccccc1OCCN1CCC[C@H]1c1c(C)nn(C)c1OC. The molecule has 0 spiro atoms. The fourth-order valence-electron chi connectivity index (χ4n) is 3.71. The zero-order valence-electron chi connectivity index (χ0n) is 15.5. The molecule has 1 atom stereocenters. The molecule has 0 N–H and O–H groups in total. The predicted octanol–water partition coefficient (Wildman–Crippen LogP) is 2.96. The molecule has 1 saturated heterocycles. The Bertz CT molecular complexity index is 714. The molecule has 3 rings (SSSR count). The van der Waals surface area contributed by atoms with Crippen LogP contribution < -0.4 is 14.2 Å². The number of aromatic nitrogens is 2. The van der Waals surface area contributed by atoms with Crippen LogP contribution in [0, 0.1) is 6.92 Å². The van der Waals surface area contributed by atoms with Gasteiger partial charge in [-0.05, 0) is 38.4 Å². The van der Waals surface area contributed by atoms with Crippen LogP contribution in [0.5, 0.6) is 17.4 Å². The number of nitrogens with zero attached hydrogens (tertiary/aromatic N) is 3. The molecule has 1 aromatic carbocycles. The molecule has 0 unspecified atom stereocenters. The van der Waals surface area contributed by atoms with Gasteiger partial charge in [0.15, 0.2) is 11.5 Å². The van der Waals surface area contributed by atoms with Gasteiger partial charge in [-0.3, -0.25) is 4.90 Å². The standard InChI is InChI=1S/C19H27N3O3/c1-14-18(19(24-4)21(2)20-14)15-8-7-11-22(15)12-13-25-17-10-6-5-9-16(17)23-3/h5-6,9-10,15H,7-8,11-13H2,1-4H3/t15-/m0/s1. The largest absolute Gasteiger partial charge is 0.493 e. The minimum atomic E-state index is 0.338. The van der Waals surface area contributed by atoms with Crippen LogP contribution in [0.1, 0.15) is 30.1 Å². The third-order valence-corrected chi connectivity index (χ3v) is 4.81. The van der Waals surface area contributed by atoms with Crippen LogP contribution in [0.3, 0.4) is 0 Å². The summed E-state index contributed by atoms with van der Waals surface area (Å²) in [7, 11) is 5.31. The number of para-hydroxylation sites is 2. The lowest BCUT2D eigenvalue weighted by Crippen LogP contribution is -2.28. The fourth-order valence-corrected chi connectivity index (χ4v) is 3.71. The van der Waals surface area contributed by atoms with Crippen molar-refractivity contribution in [2.45, 2.75) is 25.8 Å². The number of likely N-dealkylation sites (tertiary alicyclic amines) is 1. The summed E-state index contributed by atoms with van der Waals surface area (Å²) in [4.78, 5) is 2.46. The quantitative estimate of drug-likeness (QED) is 0.772. The molecule has 2 aromatic rings. The number of hydrogen-bond donors (Lipinski definition) is 0. The lowest BCUT2D eigenvalue weighted by atomic mass is 10.1. The van der Waals surface area contributed by atoms with Crippen molar-refractivity contribution in [3.05, 3.63) is 35.5 Å². The Hall–Kier alpha value is -2.21. The first-order chi connectivity index (χ1) is 12.2. The van der Waals surface area contributed by atoms with E-state index in [9.17, 15) is 0 Å². The zero-order chi connectivity index (χ0) is 17.8. The number of methoxy groups -OCH3 is 2. The van der Waals surface area contributed by atoms with Crippen molar-refractivity contribution in [1.29, 1.82) is 0 Å². The van der Waals surface area contributed by atoms with Crippen LogP contribution in [0.15, 0.2) is 24.3 Å². The maximum Gasteiger partial charge on any atom is 0.216 e. The highest BCUT2D eigenvalue weighted by Gasteiger charge is 2.31. The fraction of sp³-hybridized carbons (Fsp3) is 0.526. The lowest BCUT2D eigenvalue weighted by molar-refractivity contribution is 0.191. The van der Waals surface area contributed by atoms with Crippen molar-refractivity contribution in [3.63, 3.8) is 0 Å². The van der Waals surface area contributed by atoms with E-state index >= 15 is 0 Å². The molecule has 136 valence electrons. The Balaban J connectivity index is 1.67. The highest BCUT2D eigenvalue weighted by Crippen LogP contribution is 2.38. The van der Waals surface area contributed by atoms with Gasteiger partial charge in [0.25, 0.3) is 0 Å². The normalized spacial score (nSPS) is 17.7. The van der Waals surface area contributed by atoms with Crippen molar-refractivity contribution in [2.24, 2.45) is 7.05 Å². The second kappa shape index (κ2) is 7.78. The van der Waals surface area contributed by atoms with Crippen molar-refractivity contribution >= 4 is 0 Å². The van der Waals surface area contributed by atoms with Gasteiger partial charge >= 0.3 is 0 Å². The summed E-state index contributed by atoms with van der Waals surface area (Å²) >= 11 is 0. The highest BCUT2D eigenvalue weighted by atomic mass is 16.5. The molecule has 0 amide bonds. The molecule has 0 bridgehead atoms. The summed E-state index contributed by atoms with van der Waals surface area (Å²) in [6.07, 6.45) is 2.30. The highest BCUT2D eigenvalue weighted by molar-refractivity contribution is 5.39. The topological polar surface area (TPSA) is 48.8 Å². The predicted molar refractivity (Wildman–Crippen MR) is 96.5 cm³/mol. The first-order valence-electron chi connectivity index (χ1n) is 8.73. The number of ether oxygens (including phenoxy) is 3. The van der Waals surface area contributed by atoms with Crippen LogP contribution in [0.4, 0.5) is 0 Å².